The quantitative estimate of drug-likeness (QED) is 0.219. The normalized spacial score (nSPS) is 28.9. The fraction of sp³-hybridized carbons (Fsp3) is 0.962. The molecule has 2 aliphatic carbocycles. The minimum absolute atomic E-state index is 0.384. The summed E-state index contributed by atoms with van der Waals surface area (Å²) in [6.45, 7) is 2.33. The molecule has 0 bridgehead atoms. The second-order valence-corrected chi connectivity index (χ2v) is 10.0. The van der Waals surface area contributed by atoms with E-state index in [0.717, 1.165) is 24.2 Å². The largest absolute Gasteiger partial charge is 0.303 e. The lowest BCUT2D eigenvalue weighted by atomic mass is 9.77. The van der Waals surface area contributed by atoms with Gasteiger partial charge in [0.1, 0.15) is 6.29 Å². The van der Waals surface area contributed by atoms with Crippen LogP contribution in [0.25, 0.3) is 0 Å². The lowest BCUT2D eigenvalue weighted by molar-refractivity contribution is -0.112. The van der Waals surface area contributed by atoms with Crippen LogP contribution in [-0.2, 0) is 4.79 Å². The summed E-state index contributed by atoms with van der Waals surface area (Å²) < 4.78 is 0. The molecule has 0 radical (unpaired) electrons. The number of carbonyl (C=O) groups is 1. The van der Waals surface area contributed by atoms with Crippen LogP contribution in [0.5, 0.6) is 0 Å². The zero-order valence-electron chi connectivity index (χ0n) is 18.4. The van der Waals surface area contributed by atoms with Crippen LogP contribution in [0.1, 0.15) is 135 Å². The highest BCUT2D eigenvalue weighted by atomic mass is 16.1. The molecule has 2 aliphatic rings. The predicted molar refractivity (Wildman–Crippen MR) is 118 cm³/mol. The average molecular weight is 377 g/mol. The Labute approximate surface area is 170 Å². The highest BCUT2D eigenvalue weighted by Gasteiger charge is 2.21. The van der Waals surface area contributed by atoms with Crippen molar-refractivity contribution < 1.29 is 4.79 Å². The van der Waals surface area contributed by atoms with Crippen molar-refractivity contribution >= 4 is 6.29 Å². The van der Waals surface area contributed by atoms with E-state index in [9.17, 15) is 4.79 Å². The molecule has 4 unspecified atom stereocenters. The first-order chi connectivity index (χ1) is 13.3. The molecule has 1 nitrogen and oxygen atoms in total. The van der Waals surface area contributed by atoms with Gasteiger partial charge in [-0.1, -0.05) is 116 Å². The third kappa shape index (κ3) is 10.1. The number of hydrogen-bond donors (Lipinski definition) is 0. The summed E-state index contributed by atoms with van der Waals surface area (Å²) in [6.07, 6.45) is 29.7. The van der Waals surface area contributed by atoms with Crippen LogP contribution < -0.4 is 0 Å². The Kier molecular flexibility index (Phi) is 12.4. The third-order valence-electron chi connectivity index (χ3n) is 7.60. The molecule has 0 saturated heterocycles. The van der Waals surface area contributed by atoms with Crippen molar-refractivity contribution in [2.75, 3.05) is 0 Å². The highest BCUT2D eigenvalue weighted by Crippen LogP contribution is 2.35. The molecule has 0 aliphatic heterocycles. The van der Waals surface area contributed by atoms with Crippen LogP contribution in [0.4, 0.5) is 0 Å². The Morgan fingerprint density at radius 1 is 0.630 bits per heavy atom. The minimum atomic E-state index is 0.384. The molecule has 0 aromatic rings. The van der Waals surface area contributed by atoms with Crippen molar-refractivity contribution in [2.45, 2.75) is 135 Å². The van der Waals surface area contributed by atoms with Gasteiger partial charge >= 0.3 is 0 Å². The van der Waals surface area contributed by atoms with Crippen LogP contribution in [0.2, 0.25) is 0 Å². The molecule has 0 spiro atoms. The maximum absolute atomic E-state index is 11.0. The van der Waals surface area contributed by atoms with Crippen LogP contribution in [-0.4, -0.2) is 6.29 Å². The zero-order valence-corrected chi connectivity index (χ0v) is 18.4. The molecule has 2 rings (SSSR count). The molecule has 2 fully saturated rings. The Bertz CT molecular complexity index is 363. The third-order valence-corrected chi connectivity index (χ3v) is 7.60. The van der Waals surface area contributed by atoms with Gasteiger partial charge < -0.3 is 4.79 Å². The molecular weight excluding hydrogens is 328 g/mol. The van der Waals surface area contributed by atoms with E-state index in [1.165, 1.54) is 122 Å². The van der Waals surface area contributed by atoms with Gasteiger partial charge in [-0.05, 0) is 37.0 Å². The summed E-state index contributed by atoms with van der Waals surface area (Å²) in [5.74, 6) is 3.36. The van der Waals surface area contributed by atoms with Crippen LogP contribution in [0.15, 0.2) is 0 Å². The Balaban J connectivity index is 1.38. The number of carbonyl (C=O) groups excluding carboxylic acids is 1. The smallest absolute Gasteiger partial charge is 0.123 e. The first-order valence-corrected chi connectivity index (χ1v) is 12.8. The highest BCUT2D eigenvalue weighted by molar-refractivity contribution is 5.53. The van der Waals surface area contributed by atoms with Crippen molar-refractivity contribution in [3.05, 3.63) is 0 Å². The summed E-state index contributed by atoms with van der Waals surface area (Å²) in [6, 6.07) is 0. The van der Waals surface area contributed by atoms with Crippen molar-refractivity contribution in [3.8, 4) is 0 Å². The Hall–Kier alpha value is -0.330. The molecule has 0 aromatic carbocycles. The molecular formula is C26H48O. The number of hydrogen-bond acceptors (Lipinski definition) is 1. The van der Waals surface area contributed by atoms with E-state index in [1.54, 1.807) is 6.42 Å². The van der Waals surface area contributed by atoms with Gasteiger partial charge in [0.15, 0.2) is 0 Å². The first-order valence-electron chi connectivity index (χ1n) is 12.8. The molecule has 0 heterocycles. The number of aldehydes is 1. The molecule has 0 amide bonds. The topological polar surface area (TPSA) is 17.1 Å². The second-order valence-electron chi connectivity index (χ2n) is 10.0. The lowest BCUT2D eigenvalue weighted by Crippen LogP contribution is -2.16. The van der Waals surface area contributed by atoms with Gasteiger partial charge in [0.05, 0.1) is 0 Å². The number of unbranched alkanes of at least 4 members (excludes halogenated alkanes) is 7. The van der Waals surface area contributed by atoms with Gasteiger partial charge in [-0.25, -0.2) is 0 Å². The maximum Gasteiger partial charge on any atom is 0.123 e. The summed E-state index contributed by atoms with van der Waals surface area (Å²) in [4.78, 5) is 11.0. The molecule has 27 heavy (non-hydrogen) atoms. The summed E-state index contributed by atoms with van der Waals surface area (Å²) in [5, 5.41) is 0. The zero-order chi connectivity index (χ0) is 19.2. The van der Waals surface area contributed by atoms with Gasteiger partial charge in [-0.3, -0.25) is 0 Å². The van der Waals surface area contributed by atoms with Gasteiger partial charge in [0.2, 0.25) is 0 Å². The van der Waals surface area contributed by atoms with Crippen molar-refractivity contribution in [1.29, 1.82) is 0 Å². The SMILES string of the molecule is CCCCC1CCCC(CCCCCCCCCC2CCCC(C=O)C2)C1. The molecule has 0 N–H and O–H groups in total. The second kappa shape index (κ2) is 14.6. The van der Waals surface area contributed by atoms with Crippen molar-refractivity contribution in [2.24, 2.45) is 23.7 Å². The van der Waals surface area contributed by atoms with Crippen LogP contribution in [0, 0.1) is 23.7 Å². The van der Waals surface area contributed by atoms with E-state index < -0.39 is 0 Å². The van der Waals surface area contributed by atoms with Crippen LogP contribution in [0.3, 0.4) is 0 Å². The van der Waals surface area contributed by atoms with Gasteiger partial charge in [-0.15, -0.1) is 0 Å². The molecule has 1 heteroatoms. The van der Waals surface area contributed by atoms with Gasteiger partial charge in [0.25, 0.3) is 0 Å². The van der Waals surface area contributed by atoms with E-state index in [1.807, 2.05) is 0 Å². The van der Waals surface area contributed by atoms with E-state index in [-0.39, 0.29) is 0 Å². The molecule has 2 saturated carbocycles. The van der Waals surface area contributed by atoms with E-state index in [2.05, 4.69) is 6.92 Å². The summed E-state index contributed by atoms with van der Waals surface area (Å²) in [7, 11) is 0. The van der Waals surface area contributed by atoms with Crippen molar-refractivity contribution in [1.82, 2.24) is 0 Å². The monoisotopic (exact) mass is 376 g/mol. The fourth-order valence-corrected chi connectivity index (χ4v) is 5.89. The summed E-state index contributed by atoms with van der Waals surface area (Å²) in [5.41, 5.74) is 0. The first kappa shape index (κ1) is 23.0. The molecule has 158 valence electrons. The predicted octanol–water partition coefficient (Wildman–Crippen LogP) is 8.50. The van der Waals surface area contributed by atoms with Crippen LogP contribution >= 0.6 is 0 Å². The fourth-order valence-electron chi connectivity index (χ4n) is 5.89. The van der Waals surface area contributed by atoms with Gasteiger partial charge in [-0.2, -0.15) is 0 Å². The molecule has 4 atom stereocenters. The van der Waals surface area contributed by atoms with Crippen molar-refractivity contribution in [3.63, 3.8) is 0 Å². The van der Waals surface area contributed by atoms with E-state index >= 15 is 0 Å². The van der Waals surface area contributed by atoms with E-state index in [4.69, 9.17) is 0 Å². The maximum atomic E-state index is 11.0. The Morgan fingerprint density at radius 2 is 1.11 bits per heavy atom. The average Bonchev–Trinajstić information content (AvgIpc) is 2.71. The van der Waals surface area contributed by atoms with Gasteiger partial charge in [0, 0.05) is 5.92 Å². The Morgan fingerprint density at radius 3 is 1.67 bits per heavy atom. The standard InChI is InChI=1S/C26H48O/c1-2-3-13-23-16-11-17-24(20-23)14-9-7-5-4-6-8-10-15-25-18-12-19-26(21-25)22-27/h22-26H,2-21H2,1H3. The number of rotatable bonds is 14. The molecule has 0 aromatic heterocycles. The summed E-state index contributed by atoms with van der Waals surface area (Å²) >= 11 is 0. The lowest BCUT2D eigenvalue weighted by Gasteiger charge is -2.29. The minimum Gasteiger partial charge on any atom is -0.303 e. The van der Waals surface area contributed by atoms with E-state index in [0.29, 0.717) is 5.92 Å².